The highest BCUT2D eigenvalue weighted by molar-refractivity contribution is 5.03. The summed E-state index contributed by atoms with van der Waals surface area (Å²) in [6.45, 7) is 2.23. The highest BCUT2D eigenvalue weighted by Gasteiger charge is 1.89. The Kier molecular flexibility index (Phi) is 5.07. The van der Waals surface area contributed by atoms with Gasteiger partial charge in [0.2, 0.25) is 0 Å². The molecule has 72 valence electrons. The van der Waals surface area contributed by atoms with E-state index < -0.39 is 0 Å². The topological polar surface area (TPSA) is 13.1 Å². The lowest BCUT2D eigenvalue weighted by Gasteiger charge is -1.91. The van der Waals surface area contributed by atoms with Gasteiger partial charge >= 0.3 is 0 Å². The monoisotopic (exact) mass is 178 g/mol. The number of hydrogen-bond donors (Lipinski definition) is 0. The molecule has 1 heteroatoms. The smallest absolute Gasteiger partial charge is 0.107 e. The average Bonchev–Trinajstić information content (AvgIpc) is 2.63. The zero-order chi connectivity index (χ0) is 9.36. The molecule has 0 N–H and O–H groups in total. The predicted molar refractivity (Wildman–Crippen MR) is 55.7 cm³/mol. The Bertz CT molecular complexity index is 221. The van der Waals surface area contributed by atoms with E-state index in [1.807, 2.05) is 12.1 Å². The van der Waals surface area contributed by atoms with Crippen LogP contribution in [0.1, 0.15) is 38.4 Å². The number of furan rings is 1. The fourth-order valence-corrected chi connectivity index (χ4v) is 1.26. The molecule has 0 radical (unpaired) electrons. The van der Waals surface area contributed by atoms with Crippen LogP contribution in [-0.2, 0) is 6.42 Å². The molecule has 0 bridgehead atoms. The Labute approximate surface area is 80.5 Å². The van der Waals surface area contributed by atoms with E-state index in [0.717, 1.165) is 12.2 Å². The molecule has 0 spiro atoms. The van der Waals surface area contributed by atoms with Gasteiger partial charge in [0.15, 0.2) is 0 Å². The van der Waals surface area contributed by atoms with Gasteiger partial charge in [0.25, 0.3) is 0 Å². The molecule has 0 aliphatic heterocycles. The van der Waals surface area contributed by atoms with Crippen LogP contribution in [0.15, 0.2) is 35.0 Å². The van der Waals surface area contributed by atoms with E-state index in [-0.39, 0.29) is 0 Å². The highest BCUT2D eigenvalue weighted by Crippen LogP contribution is 2.03. The van der Waals surface area contributed by atoms with Gasteiger partial charge in [0.05, 0.1) is 6.26 Å². The molecule has 0 fully saturated rings. The average molecular weight is 178 g/mol. The third-order valence-electron chi connectivity index (χ3n) is 2.04. The van der Waals surface area contributed by atoms with Crippen molar-refractivity contribution < 1.29 is 4.42 Å². The number of unbranched alkanes of at least 4 members (excludes halogenated alkanes) is 3. The zero-order valence-corrected chi connectivity index (χ0v) is 8.33. The number of allylic oxidation sites excluding steroid dienone is 2. The van der Waals surface area contributed by atoms with E-state index in [1.54, 1.807) is 6.26 Å². The van der Waals surface area contributed by atoms with E-state index in [2.05, 4.69) is 19.1 Å². The molecule has 1 aromatic rings. The van der Waals surface area contributed by atoms with Crippen molar-refractivity contribution in [2.75, 3.05) is 0 Å². The second kappa shape index (κ2) is 6.53. The molecule has 1 nitrogen and oxygen atoms in total. The minimum atomic E-state index is 0.930. The first-order valence-electron chi connectivity index (χ1n) is 5.11. The molecule has 0 aliphatic rings. The molecule has 1 heterocycles. The molecule has 13 heavy (non-hydrogen) atoms. The van der Waals surface area contributed by atoms with Crippen molar-refractivity contribution in [3.8, 4) is 0 Å². The predicted octanol–water partition coefficient (Wildman–Crippen LogP) is 3.96. The van der Waals surface area contributed by atoms with Gasteiger partial charge in [0, 0.05) is 6.42 Å². The minimum absolute atomic E-state index is 0.930. The fraction of sp³-hybridized carbons (Fsp3) is 0.500. The highest BCUT2D eigenvalue weighted by atomic mass is 16.3. The number of rotatable bonds is 6. The van der Waals surface area contributed by atoms with E-state index >= 15 is 0 Å². The maximum atomic E-state index is 5.21. The van der Waals surface area contributed by atoms with Crippen LogP contribution in [0.25, 0.3) is 0 Å². The summed E-state index contributed by atoms with van der Waals surface area (Å²) in [5, 5.41) is 0. The van der Waals surface area contributed by atoms with Gasteiger partial charge in [-0.3, -0.25) is 0 Å². The molecule has 0 aromatic carbocycles. The summed E-state index contributed by atoms with van der Waals surface area (Å²) >= 11 is 0. The fourth-order valence-electron chi connectivity index (χ4n) is 1.26. The molecule has 1 aromatic heterocycles. The van der Waals surface area contributed by atoms with Crippen LogP contribution in [0.5, 0.6) is 0 Å². The Morgan fingerprint density at radius 2 is 2.23 bits per heavy atom. The molecule has 0 aliphatic carbocycles. The lowest BCUT2D eigenvalue weighted by Crippen LogP contribution is -1.75. The summed E-state index contributed by atoms with van der Waals surface area (Å²) in [4.78, 5) is 0. The van der Waals surface area contributed by atoms with Crippen molar-refractivity contribution in [3.05, 3.63) is 36.3 Å². The summed E-state index contributed by atoms with van der Waals surface area (Å²) in [6.07, 6.45) is 12.2. The maximum Gasteiger partial charge on any atom is 0.107 e. The van der Waals surface area contributed by atoms with Gasteiger partial charge in [0.1, 0.15) is 5.76 Å². The first kappa shape index (κ1) is 10.1. The third-order valence-corrected chi connectivity index (χ3v) is 2.04. The van der Waals surface area contributed by atoms with Gasteiger partial charge in [-0.25, -0.2) is 0 Å². The second-order valence-electron chi connectivity index (χ2n) is 3.25. The normalized spacial score (nSPS) is 11.2. The Balaban J connectivity index is 2.05. The van der Waals surface area contributed by atoms with E-state index in [9.17, 15) is 0 Å². The molecule has 0 atom stereocenters. The van der Waals surface area contributed by atoms with Gasteiger partial charge in [-0.15, -0.1) is 0 Å². The molecule has 0 unspecified atom stereocenters. The molecule has 1 rings (SSSR count). The zero-order valence-electron chi connectivity index (χ0n) is 8.33. The maximum absolute atomic E-state index is 5.21. The van der Waals surface area contributed by atoms with E-state index in [0.29, 0.717) is 0 Å². The van der Waals surface area contributed by atoms with Crippen molar-refractivity contribution in [1.29, 1.82) is 0 Å². The lowest BCUT2D eigenvalue weighted by atomic mass is 10.2. The largest absolute Gasteiger partial charge is 0.469 e. The SMILES string of the molecule is CCCCC/C=C/Cc1ccco1. The van der Waals surface area contributed by atoms with Crippen LogP contribution in [0, 0.1) is 0 Å². The molecule has 0 amide bonds. The molecular formula is C12H18O. The quantitative estimate of drug-likeness (QED) is 0.474. The van der Waals surface area contributed by atoms with Gasteiger partial charge < -0.3 is 4.42 Å². The van der Waals surface area contributed by atoms with Crippen LogP contribution in [-0.4, -0.2) is 0 Å². The lowest BCUT2D eigenvalue weighted by molar-refractivity contribution is 0.522. The first-order chi connectivity index (χ1) is 6.43. The van der Waals surface area contributed by atoms with E-state index in [1.165, 1.54) is 25.7 Å². The van der Waals surface area contributed by atoms with Gasteiger partial charge in [-0.05, 0) is 25.0 Å². The van der Waals surface area contributed by atoms with Crippen LogP contribution in [0.4, 0.5) is 0 Å². The van der Waals surface area contributed by atoms with Crippen LogP contribution < -0.4 is 0 Å². The van der Waals surface area contributed by atoms with Gasteiger partial charge in [-0.1, -0.05) is 31.9 Å². The van der Waals surface area contributed by atoms with Crippen molar-refractivity contribution >= 4 is 0 Å². The second-order valence-corrected chi connectivity index (χ2v) is 3.25. The first-order valence-corrected chi connectivity index (χ1v) is 5.11. The van der Waals surface area contributed by atoms with Gasteiger partial charge in [-0.2, -0.15) is 0 Å². The summed E-state index contributed by atoms with van der Waals surface area (Å²) in [6, 6.07) is 3.94. The van der Waals surface area contributed by atoms with Crippen molar-refractivity contribution in [2.45, 2.75) is 39.0 Å². The molecule has 0 saturated heterocycles. The van der Waals surface area contributed by atoms with Crippen LogP contribution >= 0.6 is 0 Å². The summed E-state index contributed by atoms with van der Waals surface area (Å²) in [5.41, 5.74) is 0. The van der Waals surface area contributed by atoms with E-state index in [4.69, 9.17) is 4.42 Å². The van der Waals surface area contributed by atoms with Crippen molar-refractivity contribution in [2.24, 2.45) is 0 Å². The third kappa shape index (κ3) is 4.56. The number of hydrogen-bond acceptors (Lipinski definition) is 1. The van der Waals surface area contributed by atoms with Crippen molar-refractivity contribution in [1.82, 2.24) is 0 Å². The van der Waals surface area contributed by atoms with Crippen LogP contribution in [0.3, 0.4) is 0 Å². The van der Waals surface area contributed by atoms with Crippen LogP contribution in [0.2, 0.25) is 0 Å². The Morgan fingerprint density at radius 1 is 1.31 bits per heavy atom. The summed E-state index contributed by atoms with van der Waals surface area (Å²) < 4.78 is 5.21. The summed E-state index contributed by atoms with van der Waals surface area (Å²) in [7, 11) is 0. The van der Waals surface area contributed by atoms with Crippen molar-refractivity contribution in [3.63, 3.8) is 0 Å². The Hall–Kier alpha value is -0.980. The Morgan fingerprint density at radius 3 is 2.92 bits per heavy atom. The molecule has 0 saturated carbocycles. The minimum Gasteiger partial charge on any atom is -0.469 e. The standard InChI is InChI=1S/C12H18O/c1-2-3-4-5-6-7-9-12-10-8-11-13-12/h6-8,10-11H,2-5,9H2,1H3/b7-6+. The summed E-state index contributed by atoms with van der Waals surface area (Å²) in [5.74, 6) is 1.05. The molecular weight excluding hydrogens is 160 g/mol.